The monoisotopic (exact) mass is 276 g/mol. The standard InChI is InChI=1S/C12H11Cl2FO2/c1-2-3-7(16)4-12(17)8-5-11(15)10(14)6-9(8)13/h5-6H,2-4H2,1H3. The highest BCUT2D eigenvalue weighted by molar-refractivity contribution is 6.37. The lowest BCUT2D eigenvalue weighted by Crippen LogP contribution is -2.08. The van der Waals surface area contributed by atoms with Gasteiger partial charge < -0.3 is 0 Å². The number of carbonyl (C=O) groups excluding carboxylic acids is 2. The van der Waals surface area contributed by atoms with Crippen molar-refractivity contribution in [1.82, 2.24) is 0 Å². The van der Waals surface area contributed by atoms with Crippen LogP contribution in [0.1, 0.15) is 36.5 Å². The largest absolute Gasteiger partial charge is 0.299 e. The van der Waals surface area contributed by atoms with Gasteiger partial charge in [0.2, 0.25) is 0 Å². The van der Waals surface area contributed by atoms with E-state index in [0.29, 0.717) is 12.8 Å². The quantitative estimate of drug-likeness (QED) is 0.461. The van der Waals surface area contributed by atoms with Gasteiger partial charge in [0.25, 0.3) is 0 Å². The lowest BCUT2D eigenvalue weighted by atomic mass is 10.0. The van der Waals surface area contributed by atoms with Gasteiger partial charge in [0.05, 0.1) is 16.5 Å². The van der Waals surface area contributed by atoms with Crippen molar-refractivity contribution in [3.63, 3.8) is 0 Å². The van der Waals surface area contributed by atoms with E-state index in [4.69, 9.17) is 23.2 Å². The minimum Gasteiger partial charge on any atom is -0.299 e. The number of ketones is 2. The molecule has 0 aliphatic rings. The second-order valence-corrected chi connectivity index (χ2v) is 4.45. The summed E-state index contributed by atoms with van der Waals surface area (Å²) < 4.78 is 13.2. The smallest absolute Gasteiger partial charge is 0.171 e. The maximum absolute atomic E-state index is 13.2. The third kappa shape index (κ3) is 3.79. The van der Waals surface area contributed by atoms with Crippen LogP contribution in [0.4, 0.5) is 4.39 Å². The van der Waals surface area contributed by atoms with E-state index in [0.717, 1.165) is 12.1 Å². The van der Waals surface area contributed by atoms with E-state index < -0.39 is 11.6 Å². The van der Waals surface area contributed by atoms with Crippen LogP contribution in [0.3, 0.4) is 0 Å². The Labute approximate surface area is 109 Å². The normalized spacial score (nSPS) is 10.4. The van der Waals surface area contributed by atoms with Gasteiger partial charge >= 0.3 is 0 Å². The summed E-state index contributed by atoms with van der Waals surface area (Å²) in [6.07, 6.45) is 0.753. The number of halogens is 3. The molecule has 0 amide bonds. The molecule has 0 saturated heterocycles. The number of benzene rings is 1. The Balaban J connectivity index is 2.89. The van der Waals surface area contributed by atoms with Crippen LogP contribution in [0.2, 0.25) is 10.0 Å². The molecule has 0 fully saturated rings. The lowest BCUT2D eigenvalue weighted by Gasteiger charge is -2.04. The predicted octanol–water partition coefficient (Wildman–Crippen LogP) is 4.07. The van der Waals surface area contributed by atoms with Crippen molar-refractivity contribution in [1.29, 1.82) is 0 Å². The van der Waals surface area contributed by atoms with E-state index in [2.05, 4.69) is 0 Å². The number of rotatable bonds is 5. The number of hydrogen-bond acceptors (Lipinski definition) is 2. The first-order valence-electron chi connectivity index (χ1n) is 5.15. The molecule has 0 saturated carbocycles. The topological polar surface area (TPSA) is 34.1 Å². The summed E-state index contributed by atoms with van der Waals surface area (Å²) in [5, 5.41) is -0.0860. The highest BCUT2D eigenvalue weighted by atomic mass is 35.5. The zero-order valence-corrected chi connectivity index (χ0v) is 10.7. The fraction of sp³-hybridized carbons (Fsp3) is 0.333. The average Bonchev–Trinajstić information content (AvgIpc) is 2.23. The highest BCUT2D eigenvalue weighted by Crippen LogP contribution is 2.25. The molecule has 1 aromatic carbocycles. The minimum atomic E-state index is -0.720. The summed E-state index contributed by atoms with van der Waals surface area (Å²) in [6, 6.07) is 2.13. The van der Waals surface area contributed by atoms with Crippen LogP contribution < -0.4 is 0 Å². The molecule has 2 nitrogen and oxygen atoms in total. The molecule has 0 bridgehead atoms. The Kier molecular flexibility index (Phi) is 5.09. The van der Waals surface area contributed by atoms with Gasteiger partial charge in [-0.05, 0) is 18.6 Å². The molecule has 0 aromatic heterocycles. The van der Waals surface area contributed by atoms with Crippen molar-refractivity contribution in [3.05, 3.63) is 33.6 Å². The Bertz CT molecular complexity index is 458. The molecular formula is C12H11Cl2FO2. The van der Waals surface area contributed by atoms with Gasteiger partial charge in [-0.2, -0.15) is 0 Å². The molecule has 5 heteroatoms. The van der Waals surface area contributed by atoms with Crippen LogP contribution in [-0.4, -0.2) is 11.6 Å². The SMILES string of the molecule is CCCC(=O)CC(=O)c1cc(F)c(Cl)cc1Cl. The van der Waals surface area contributed by atoms with Crippen LogP contribution in [0.25, 0.3) is 0 Å². The van der Waals surface area contributed by atoms with Crippen molar-refractivity contribution >= 4 is 34.8 Å². The van der Waals surface area contributed by atoms with Crippen molar-refractivity contribution in [2.24, 2.45) is 0 Å². The molecule has 92 valence electrons. The van der Waals surface area contributed by atoms with Gasteiger partial charge in [-0.3, -0.25) is 9.59 Å². The van der Waals surface area contributed by atoms with Crippen LogP contribution in [-0.2, 0) is 4.79 Å². The Hall–Kier alpha value is -0.930. The van der Waals surface area contributed by atoms with E-state index in [9.17, 15) is 14.0 Å². The van der Waals surface area contributed by atoms with Gasteiger partial charge in [0.1, 0.15) is 11.6 Å². The van der Waals surface area contributed by atoms with Crippen LogP contribution >= 0.6 is 23.2 Å². The first kappa shape index (κ1) is 14.1. The Morgan fingerprint density at radius 1 is 1.24 bits per heavy atom. The van der Waals surface area contributed by atoms with E-state index in [-0.39, 0.29) is 27.8 Å². The lowest BCUT2D eigenvalue weighted by molar-refractivity contribution is -0.118. The summed E-state index contributed by atoms with van der Waals surface area (Å²) in [4.78, 5) is 23.0. The third-order valence-electron chi connectivity index (χ3n) is 2.20. The molecule has 0 heterocycles. The molecule has 1 rings (SSSR count). The zero-order valence-electron chi connectivity index (χ0n) is 9.23. The maximum Gasteiger partial charge on any atom is 0.171 e. The molecule has 0 aliphatic heterocycles. The van der Waals surface area contributed by atoms with E-state index in [1.54, 1.807) is 0 Å². The fourth-order valence-corrected chi connectivity index (χ4v) is 1.87. The second-order valence-electron chi connectivity index (χ2n) is 3.63. The highest BCUT2D eigenvalue weighted by Gasteiger charge is 2.16. The van der Waals surface area contributed by atoms with E-state index >= 15 is 0 Å². The van der Waals surface area contributed by atoms with Crippen LogP contribution in [0.15, 0.2) is 12.1 Å². The zero-order chi connectivity index (χ0) is 13.0. The summed E-state index contributed by atoms with van der Waals surface area (Å²) in [5.41, 5.74) is -0.00183. The number of carbonyl (C=O) groups is 2. The van der Waals surface area contributed by atoms with Crippen molar-refractivity contribution in [2.45, 2.75) is 26.2 Å². The molecule has 0 atom stereocenters. The number of Topliss-reactive ketones (excluding diaryl/α,β-unsaturated/α-hetero) is 2. The van der Waals surface area contributed by atoms with Crippen molar-refractivity contribution in [3.8, 4) is 0 Å². The predicted molar refractivity (Wildman–Crippen MR) is 65.3 cm³/mol. The van der Waals surface area contributed by atoms with Gasteiger partial charge in [-0.15, -0.1) is 0 Å². The summed E-state index contributed by atoms with van der Waals surface area (Å²) in [7, 11) is 0. The molecule has 1 aromatic rings. The van der Waals surface area contributed by atoms with E-state index in [1.165, 1.54) is 0 Å². The fourth-order valence-electron chi connectivity index (χ4n) is 1.38. The van der Waals surface area contributed by atoms with Crippen LogP contribution in [0, 0.1) is 5.82 Å². The van der Waals surface area contributed by atoms with Gasteiger partial charge in [0.15, 0.2) is 5.78 Å². The van der Waals surface area contributed by atoms with Crippen molar-refractivity contribution < 1.29 is 14.0 Å². The molecular weight excluding hydrogens is 266 g/mol. The average molecular weight is 277 g/mol. The van der Waals surface area contributed by atoms with E-state index in [1.807, 2.05) is 6.92 Å². The molecule has 17 heavy (non-hydrogen) atoms. The summed E-state index contributed by atoms with van der Waals surface area (Å²) in [6.45, 7) is 1.84. The van der Waals surface area contributed by atoms with Gasteiger partial charge in [0, 0.05) is 12.0 Å². The first-order valence-corrected chi connectivity index (χ1v) is 5.90. The molecule has 0 aliphatic carbocycles. The van der Waals surface area contributed by atoms with Crippen LogP contribution in [0.5, 0.6) is 0 Å². The number of hydrogen-bond donors (Lipinski definition) is 0. The first-order chi connectivity index (χ1) is 7.95. The molecule has 0 spiro atoms. The maximum atomic E-state index is 13.2. The summed E-state index contributed by atoms with van der Waals surface area (Å²) >= 11 is 11.3. The Morgan fingerprint density at radius 3 is 2.47 bits per heavy atom. The van der Waals surface area contributed by atoms with Gasteiger partial charge in [-0.25, -0.2) is 4.39 Å². The van der Waals surface area contributed by atoms with Crippen molar-refractivity contribution in [2.75, 3.05) is 0 Å². The molecule has 0 N–H and O–H groups in total. The van der Waals surface area contributed by atoms with Gasteiger partial charge in [-0.1, -0.05) is 30.1 Å². The second kappa shape index (κ2) is 6.12. The summed E-state index contributed by atoms with van der Waals surface area (Å²) in [5.74, 6) is -1.38. The third-order valence-corrected chi connectivity index (χ3v) is 2.80. The Morgan fingerprint density at radius 2 is 1.88 bits per heavy atom. The minimum absolute atomic E-state index is 0.00183. The molecule has 0 radical (unpaired) electrons. The molecule has 0 unspecified atom stereocenters.